The topological polar surface area (TPSA) is 29.5 Å². The van der Waals surface area contributed by atoms with E-state index in [9.17, 15) is 9.18 Å². The molecule has 1 heterocycles. The fourth-order valence-corrected chi connectivity index (χ4v) is 2.75. The number of carbonyl (C=O) groups excluding carboxylic acids is 1. The minimum absolute atomic E-state index is 0.134. The molecule has 0 saturated heterocycles. The van der Waals surface area contributed by atoms with Gasteiger partial charge in [-0.2, -0.15) is 0 Å². The number of benzene rings is 2. The molecule has 1 atom stereocenters. The molecule has 0 N–H and O–H groups in total. The minimum atomic E-state index is -0.549. The molecule has 0 fully saturated rings. The number of hydrogen-bond acceptors (Lipinski definition) is 2. The Labute approximate surface area is 130 Å². The van der Waals surface area contributed by atoms with Gasteiger partial charge in [0.25, 0.3) is 5.91 Å². The van der Waals surface area contributed by atoms with Crippen molar-refractivity contribution in [3.05, 3.63) is 58.3 Å². The highest BCUT2D eigenvalue weighted by Gasteiger charge is 2.31. The summed E-state index contributed by atoms with van der Waals surface area (Å²) in [7, 11) is 0. The Bertz CT molecular complexity index is 704. The van der Waals surface area contributed by atoms with Crippen molar-refractivity contribution in [3.8, 4) is 5.75 Å². The van der Waals surface area contributed by atoms with Crippen LogP contribution in [-0.4, -0.2) is 12.0 Å². The first-order valence-corrected chi connectivity index (χ1v) is 7.37. The zero-order valence-corrected chi connectivity index (χ0v) is 12.9. The number of nitrogens with zero attached hydrogens (tertiary/aromatic N) is 1. The van der Waals surface area contributed by atoms with Gasteiger partial charge in [0, 0.05) is 0 Å². The monoisotopic (exact) mass is 349 g/mol. The maximum Gasteiger partial charge on any atom is 0.268 e. The first-order valence-electron chi connectivity index (χ1n) is 6.58. The standard InChI is InChI=1S/C16H13BrFNO2/c1-10-16(20)19(13-7-2-3-8-14(13)21-10)9-11-5-4-6-12(18)15(11)17/h2-8,10H,9H2,1H3. The maximum absolute atomic E-state index is 13.6. The zero-order valence-electron chi connectivity index (χ0n) is 11.3. The molecule has 0 radical (unpaired) electrons. The van der Waals surface area contributed by atoms with Gasteiger partial charge in [0.05, 0.1) is 16.7 Å². The molecular formula is C16H13BrFNO2. The van der Waals surface area contributed by atoms with Crippen molar-refractivity contribution in [2.24, 2.45) is 0 Å². The highest BCUT2D eigenvalue weighted by Crippen LogP contribution is 2.35. The summed E-state index contributed by atoms with van der Waals surface area (Å²) in [5.74, 6) is 0.191. The zero-order chi connectivity index (χ0) is 15.0. The summed E-state index contributed by atoms with van der Waals surface area (Å²) >= 11 is 3.24. The molecule has 1 unspecified atom stereocenters. The molecule has 2 aromatic carbocycles. The van der Waals surface area contributed by atoms with Crippen molar-refractivity contribution in [2.75, 3.05) is 4.90 Å². The summed E-state index contributed by atoms with van der Waals surface area (Å²) < 4.78 is 19.6. The highest BCUT2D eigenvalue weighted by atomic mass is 79.9. The van der Waals surface area contributed by atoms with E-state index < -0.39 is 6.10 Å². The Morgan fingerprint density at radius 1 is 1.24 bits per heavy atom. The van der Waals surface area contributed by atoms with Crippen molar-refractivity contribution < 1.29 is 13.9 Å². The lowest BCUT2D eigenvalue weighted by atomic mass is 10.1. The molecule has 0 bridgehead atoms. The minimum Gasteiger partial charge on any atom is -0.479 e. The molecule has 0 aromatic heterocycles. The van der Waals surface area contributed by atoms with Crippen LogP contribution in [-0.2, 0) is 11.3 Å². The quantitative estimate of drug-likeness (QED) is 0.822. The van der Waals surface area contributed by atoms with Crippen LogP contribution < -0.4 is 9.64 Å². The molecule has 1 amide bonds. The first kappa shape index (κ1) is 14.1. The maximum atomic E-state index is 13.6. The highest BCUT2D eigenvalue weighted by molar-refractivity contribution is 9.10. The largest absolute Gasteiger partial charge is 0.479 e. The van der Waals surface area contributed by atoms with Crippen LogP contribution in [0.15, 0.2) is 46.9 Å². The molecule has 1 aliphatic heterocycles. The third-order valence-corrected chi connectivity index (χ3v) is 4.32. The van der Waals surface area contributed by atoms with Gasteiger partial charge in [-0.25, -0.2) is 4.39 Å². The van der Waals surface area contributed by atoms with E-state index in [2.05, 4.69) is 15.9 Å². The molecule has 3 nitrogen and oxygen atoms in total. The van der Waals surface area contributed by atoms with Crippen molar-refractivity contribution in [3.63, 3.8) is 0 Å². The third-order valence-electron chi connectivity index (χ3n) is 3.43. The summed E-state index contributed by atoms with van der Waals surface area (Å²) in [5, 5.41) is 0. The van der Waals surface area contributed by atoms with Gasteiger partial charge < -0.3 is 9.64 Å². The molecule has 3 rings (SSSR count). The fraction of sp³-hybridized carbons (Fsp3) is 0.188. The predicted molar refractivity (Wildman–Crippen MR) is 81.8 cm³/mol. The molecule has 21 heavy (non-hydrogen) atoms. The van der Waals surface area contributed by atoms with Gasteiger partial charge in [0.2, 0.25) is 0 Å². The summed E-state index contributed by atoms with van der Waals surface area (Å²) in [6.07, 6.45) is -0.549. The van der Waals surface area contributed by atoms with Crippen LogP contribution in [0.5, 0.6) is 5.75 Å². The molecule has 1 aliphatic rings. The van der Waals surface area contributed by atoms with Gasteiger partial charge in [-0.15, -0.1) is 0 Å². The number of rotatable bonds is 2. The van der Waals surface area contributed by atoms with Gasteiger partial charge in [-0.05, 0) is 46.6 Å². The normalized spacial score (nSPS) is 17.4. The van der Waals surface area contributed by atoms with Crippen molar-refractivity contribution in [1.82, 2.24) is 0 Å². The number of fused-ring (bicyclic) bond motifs is 1. The van der Waals surface area contributed by atoms with Crippen LogP contribution in [0.2, 0.25) is 0 Å². The fourth-order valence-electron chi connectivity index (χ4n) is 2.36. The van der Waals surface area contributed by atoms with E-state index in [0.29, 0.717) is 28.0 Å². The van der Waals surface area contributed by atoms with E-state index in [4.69, 9.17) is 4.74 Å². The first-order chi connectivity index (χ1) is 10.1. The molecule has 0 saturated carbocycles. The smallest absolute Gasteiger partial charge is 0.268 e. The molecule has 108 valence electrons. The lowest BCUT2D eigenvalue weighted by Gasteiger charge is -2.33. The lowest BCUT2D eigenvalue weighted by Crippen LogP contribution is -2.44. The predicted octanol–water partition coefficient (Wildman–Crippen LogP) is 3.90. The van der Waals surface area contributed by atoms with Gasteiger partial charge >= 0.3 is 0 Å². The molecule has 2 aromatic rings. The second kappa shape index (κ2) is 5.48. The van der Waals surface area contributed by atoms with Gasteiger partial charge in [0.1, 0.15) is 11.6 Å². The Kier molecular flexibility index (Phi) is 3.68. The molecular weight excluding hydrogens is 337 g/mol. The summed E-state index contributed by atoms with van der Waals surface area (Å²) in [6, 6.07) is 12.2. The SMILES string of the molecule is CC1Oc2ccccc2N(Cc2cccc(F)c2Br)C1=O. The van der Waals surface area contributed by atoms with Crippen LogP contribution in [0.1, 0.15) is 12.5 Å². The van der Waals surface area contributed by atoms with E-state index in [1.54, 1.807) is 24.0 Å². The van der Waals surface area contributed by atoms with E-state index in [1.807, 2.05) is 24.3 Å². The number of para-hydroxylation sites is 2. The average molecular weight is 350 g/mol. The lowest BCUT2D eigenvalue weighted by molar-refractivity contribution is -0.125. The van der Waals surface area contributed by atoms with Crippen molar-refractivity contribution in [1.29, 1.82) is 0 Å². The Morgan fingerprint density at radius 2 is 2.00 bits per heavy atom. The van der Waals surface area contributed by atoms with Gasteiger partial charge in [-0.3, -0.25) is 4.79 Å². The number of halogens is 2. The Morgan fingerprint density at radius 3 is 2.81 bits per heavy atom. The summed E-state index contributed by atoms with van der Waals surface area (Å²) in [5.41, 5.74) is 1.42. The Hall–Kier alpha value is -1.88. The summed E-state index contributed by atoms with van der Waals surface area (Å²) in [4.78, 5) is 14.0. The number of hydrogen-bond donors (Lipinski definition) is 0. The second-order valence-electron chi connectivity index (χ2n) is 4.87. The number of carbonyl (C=O) groups is 1. The van der Waals surface area contributed by atoms with Crippen LogP contribution in [0, 0.1) is 5.82 Å². The number of ether oxygens (including phenoxy) is 1. The summed E-state index contributed by atoms with van der Waals surface area (Å²) in [6.45, 7) is 2.01. The molecule has 0 spiro atoms. The second-order valence-corrected chi connectivity index (χ2v) is 5.66. The van der Waals surface area contributed by atoms with Gasteiger partial charge in [0.15, 0.2) is 6.10 Å². The van der Waals surface area contributed by atoms with Crippen LogP contribution >= 0.6 is 15.9 Å². The van der Waals surface area contributed by atoms with Crippen molar-refractivity contribution in [2.45, 2.75) is 19.6 Å². The van der Waals surface area contributed by atoms with E-state index in [-0.39, 0.29) is 11.7 Å². The van der Waals surface area contributed by atoms with Crippen LogP contribution in [0.4, 0.5) is 10.1 Å². The van der Waals surface area contributed by atoms with E-state index in [1.165, 1.54) is 6.07 Å². The average Bonchev–Trinajstić information content (AvgIpc) is 2.48. The third kappa shape index (κ3) is 2.53. The number of anilines is 1. The van der Waals surface area contributed by atoms with E-state index in [0.717, 1.165) is 0 Å². The van der Waals surface area contributed by atoms with Gasteiger partial charge in [-0.1, -0.05) is 24.3 Å². The molecule has 0 aliphatic carbocycles. The van der Waals surface area contributed by atoms with Crippen molar-refractivity contribution >= 4 is 27.5 Å². The number of amides is 1. The Balaban J connectivity index is 2.01. The molecule has 5 heteroatoms. The van der Waals surface area contributed by atoms with Crippen LogP contribution in [0.25, 0.3) is 0 Å². The van der Waals surface area contributed by atoms with E-state index >= 15 is 0 Å². The van der Waals surface area contributed by atoms with Crippen LogP contribution in [0.3, 0.4) is 0 Å².